The van der Waals surface area contributed by atoms with Crippen LogP contribution < -0.4 is 11.0 Å². The van der Waals surface area contributed by atoms with Gasteiger partial charge in [0.1, 0.15) is 6.54 Å². The number of rotatable bonds is 5. The maximum atomic E-state index is 13.2. The fourth-order valence-electron chi connectivity index (χ4n) is 3.32. The van der Waals surface area contributed by atoms with E-state index in [0.717, 1.165) is 5.56 Å². The number of methoxy groups -OCH3 is 1. The highest BCUT2D eigenvalue weighted by Gasteiger charge is 2.17. The van der Waals surface area contributed by atoms with E-state index < -0.39 is 5.97 Å². The third kappa shape index (κ3) is 3.95. The summed E-state index contributed by atoms with van der Waals surface area (Å²) in [6.45, 7) is 1.79. The number of hydrogen-bond donors (Lipinski definition) is 1. The van der Waals surface area contributed by atoms with Gasteiger partial charge in [-0.1, -0.05) is 17.7 Å². The Kier molecular flexibility index (Phi) is 5.36. The number of ether oxygens (including phenoxy) is 1. The molecule has 0 radical (unpaired) electrons. The zero-order valence-electron chi connectivity index (χ0n) is 17.0. The van der Waals surface area contributed by atoms with Crippen LogP contribution in [-0.2, 0) is 16.1 Å². The lowest BCUT2D eigenvalue weighted by Crippen LogP contribution is -2.29. The molecule has 0 aliphatic rings. The summed E-state index contributed by atoms with van der Waals surface area (Å²) in [4.78, 5) is 41.7. The first-order valence-corrected chi connectivity index (χ1v) is 9.59. The van der Waals surface area contributed by atoms with Crippen molar-refractivity contribution < 1.29 is 14.3 Å². The first-order valence-electron chi connectivity index (χ1n) is 9.59. The van der Waals surface area contributed by atoms with Crippen LogP contribution in [0.15, 0.2) is 71.7 Å². The van der Waals surface area contributed by atoms with Crippen LogP contribution in [0.25, 0.3) is 16.9 Å². The number of aromatic nitrogens is 3. The van der Waals surface area contributed by atoms with Crippen molar-refractivity contribution in [3.05, 3.63) is 88.5 Å². The number of aryl methyl sites for hydroxylation is 1. The monoisotopic (exact) mass is 416 g/mol. The van der Waals surface area contributed by atoms with Gasteiger partial charge in [-0.05, 0) is 55.5 Å². The summed E-state index contributed by atoms with van der Waals surface area (Å²) in [5, 5.41) is 2.74. The van der Waals surface area contributed by atoms with Crippen LogP contribution in [0.5, 0.6) is 0 Å². The molecule has 0 aliphatic heterocycles. The van der Waals surface area contributed by atoms with Gasteiger partial charge < -0.3 is 10.1 Å². The van der Waals surface area contributed by atoms with Crippen molar-refractivity contribution in [2.45, 2.75) is 13.5 Å². The predicted octanol–water partition coefficient (Wildman–Crippen LogP) is 2.92. The van der Waals surface area contributed by atoms with E-state index in [9.17, 15) is 14.4 Å². The number of esters is 1. The van der Waals surface area contributed by atoms with Crippen LogP contribution in [0.2, 0.25) is 0 Å². The number of pyridine rings is 1. The molecule has 0 saturated carbocycles. The van der Waals surface area contributed by atoms with E-state index in [1.807, 2.05) is 31.2 Å². The van der Waals surface area contributed by atoms with Crippen LogP contribution in [0.3, 0.4) is 0 Å². The van der Waals surface area contributed by atoms with Crippen LogP contribution in [0.4, 0.5) is 5.69 Å². The minimum atomic E-state index is -0.458. The average molecular weight is 416 g/mol. The zero-order chi connectivity index (χ0) is 22.0. The van der Waals surface area contributed by atoms with Crippen molar-refractivity contribution in [2.24, 2.45) is 0 Å². The third-order valence-electron chi connectivity index (χ3n) is 4.87. The largest absolute Gasteiger partial charge is 0.465 e. The molecule has 156 valence electrons. The van der Waals surface area contributed by atoms with E-state index in [1.54, 1.807) is 42.6 Å². The van der Waals surface area contributed by atoms with Crippen molar-refractivity contribution in [3.8, 4) is 5.69 Å². The first kappa shape index (κ1) is 20.1. The first-order chi connectivity index (χ1) is 15.0. The van der Waals surface area contributed by atoms with Gasteiger partial charge in [0.15, 0.2) is 5.65 Å². The van der Waals surface area contributed by atoms with Crippen LogP contribution in [0.1, 0.15) is 15.9 Å². The summed E-state index contributed by atoms with van der Waals surface area (Å²) >= 11 is 0. The molecule has 1 amide bonds. The van der Waals surface area contributed by atoms with Gasteiger partial charge in [0, 0.05) is 11.9 Å². The number of fused-ring (bicyclic) bond motifs is 1. The van der Waals surface area contributed by atoms with Gasteiger partial charge >= 0.3 is 11.7 Å². The summed E-state index contributed by atoms with van der Waals surface area (Å²) in [5.74, 6) is -0.833. The topological polar surface area (TPSA) is 95.2 Å². The third-order valence-corrected chi connectivity index (χ3v) is 4.87. The molecule has 0 bridgehead atoms. The van der Waals surface area contributed by atoms with E-state index in [-0.39, 0.29) is 18.1 Å². The second-order valence-electron chi connectivity index (χ2n) is 7.00. The van der Waals surface area contributed by atoms with E-state index in [2.05, 4.69) is 15.0 Å². The average Bonchev–Trinajstić information content (AvgIpc) is 3.06. The summed E-state index contributed by atoms with van der Waals surface area (Å²) in [6, 6.07) is 17.3. The van der Waals surface area contributed by atoms with Crippen molar-refractivity contribution >= 4 is 28.7 Å². The number of hydrogen-bond acceptors (Lipinski definition) is 5. The molecule has 2 aromatic heterocycles. The second-order valence-corrected chi connectivity index (χ2v) is 7.00. The molecule has 8 heteroatoms. The molecule has 0 aliphatic carbocycles. The number of amides is 1. The molecule has 2 aromatic carbocycles. The fraction of sp³-hybridized carbons (Fsp3) is 0.130. The van der Waals surface area contributed by atoms with Crippen LogP contribution in [-0.4, -0.2) is 33.1 Å². The molecule has 4 aromatic rings. The zero-order valence-corrected chi connectivity index (χ0v) is 17.0. The lowest BCUT2D eigenvalue weighted by atomic mass is 10.2. The second kappa shape index (κ2) is 8.27. The Balaban J connectivity index is 1.63. The summed E-state index contributed by atoms with van der Waals surface area (Å²) < 4.78 is 7.55. The molecule has 0 atom stereocenters. The van der Waals surface area contributed by atoms with Crippen molar-refractivity contribution in [2.75, 3.05) is 12.4 Å². The lowest BCUT2D eigenvalue weighted by Gasteiger charge is -2.07. The number of imidazole rings is 1. The standard InChI is InChI=1S/C23H20N4O4/c1-15-5-11-18(12-6-15)27-21-19(4-3-13-24-21)26(23(27)30)14-20(28)25-17-9-7-16(8-10-17)22(29)31-2/h3-13H,14H2,1-2H3,(H,25,28). The smallest absolute Gasteiger partial charge is 0.337 e. The Bertz CT molecular complexity index is 1320. The van der Waals surface area contributed by atoms with E-state index >= 15 is 0 Å². The van der Waals surface area contributed by atoms with Crippen molar-refractivity contribution in [1.29, 1.82) is 0 Å². The summed E-state index contributed by atoms with van der Waals surface area (Å²) in [5.41, 5.74) is 3.32. The molecule has 4 rings (SSSR count). The highest BCUT2D eigenvalue weighted by atomic mass is 16.5. The Labute approximate surface area is 177 Å². The maximum absolute atomic E-state index is 13.2. The number of carbonyl (C=O) groups excluding carboxylic acids is 2. The van der Waals surface area contributed by atoms with Gasteiger partial charge in [0.2, 0.25) is 5.91 Å². The molecule has 1 N–H and O–H groups in total. The fourth-order valence-corrected chi connectivity index (χ4v) is 3.32. The normalized spacial score (nSPS) is 10.8. The van der Waals surface area contributed by atoms with Gasteiger partial charge in [0.25, 0.3) is 0 Å². The van der Waals surface area contributed by atoms with Crippen molar-refractivity contribution in [3.63, 3.8) is 0 Å². The molecular weight excluding hydrogens is 396 g/mol. The van der Waals surface area contributed by atoms with E-state index in [0.29, 0.717) is 28.1 Å². The Morgan fingerprint density at radius 2 is 1.74 bits per heavy atom. The minimum Gasteiger partial charge on any atom is -0.465 e. The lowest BCUT2D eigenvalue weighted by molar-refractivity contribution is -0.116. The number of anilines is 1. The van der Waals surface area contributed by atoms with Gasteiger partial charge in [-0.15, -0.1) is 0 Å². The SMILES string of the molecule is COC(=O)c1ccc(NC(=O)Cn2c(=O)n(-c3ccc(C)cc3)c3ncccc32)cc1. The van der Waals surface area contributed by atoms with Gasteiger partial charge in [-0.25, -0.2) is 19.1 Å². The minimum absolute atomic E-state index is 0.182. The molecular formula is C23H20N4O4. The number of nitrogens with zero attached hydrogens (tertiary/aromatic N) is 3. The molecule has 31 heavy (non-hydrogen) atoms. The van der Waals surface area contributed by atoms with E-state index in [4.69, 9.17) is 0 Å². The number of nitrogens with one attached hydrogen (secondary N) is 1. The number of benzene rings is 2. The van der Waals surface area contributed by atoms with Gasteiger partial charge in [-0.2, -0.15) is 0 Å². The van der Waals surface area contributed by atoms with Crippen LogP contribution >= 0.6 is 0 Å². The molecule has 0 unspecified atom stereocenters. The summed E-state index contributed by atoms with van der Waals surface area (Å²) in [7, 11) is 1.30. The van der Waals surface area contributed by atoms with Crippen molar-refractivity contribution in [1.82, 2.24) is 14.1 Å². The Morgan fingerprint density at radius 1 is 1.03 bits per heavy atom. The Morgan fingerprint density at radius 3 is 2.42 bits per heavy atom. The van der Waals surface area contributed by atoms with E-state index in [1.165, 1.54) is 16.2 Å². The molecule has 0 spiro atoms. The predicted molar refractivity (Wildman–Crippen MR) is 116 cm³/mol. The van der Waals surface area contributed by atoms with Gasteiger partial charge in [-0.3, -0.25) is 9.36 Å². The molecule has 0 saturated heterocycles. The Hall–Kier alpha value is -4.20. The quantitative estimate of drug-likeness (QED) is 0.505. The number of carbonyl (C=O) groups is 2. The molecule has 0 fully saturated rings. The van der Waals surface area contributed by atoms with Crippen LogP contribution in [0, 0.1) is 6.92 Å². The van der Waals surface area contributed by atoms with Gasteiger partial charge in [0.05, 0.1) is 23.9 Å². The maximum Gasteiger partial charge on any atom is 0.337 e. The highest BCUT2D eigenvalue weighted by Crippen LogP contribution is 2.17. The molecule has 2 heterocycles. The highest BCUT2D eigenvalue weighted by molar-refractivity contribution is 5.93. The summed E-state index contributed by atoms with van der Waals surface area (Å²) in [6.07, 6.45) is 1.61. The molecule has 8 nitrogen and oxygen atoms in total.